The van der Waals surface area contributed by atoms with Crippen molar-refractivity contribution in [1.82, 2.24) is 4.90 Å². The molecule has 0 N–H and O–H groups in total. The molecule has 0 aromatic rings. The second kappa shape index (κ2) is 14.8. The van der Waals surface area contributed by atoms with Gasteiger partial charge in [0, 0.05) is 12.3 Å². The van der Waals surface area contributed by atoms with Gasteiger partial charge in [0.25, 0.3) is 0 Å². The molecule has 0 radical (unpaired) electrons. The zero-order valence-electron chi connectivity index (χ0n) is 17.7. The van der Waals surface area contributed by atoms with Crippen molar-refractivity contribution in [2.45, 2.75) is 116 Å². The fraction of sp³-hybridized carbons (Fsp3) is 0.864. The summed E-state index contributed by atoms with van der Waals surface area (Å²) >= 11 is 5.22. The first-order chi connectivity index (χ1) is 13.6. The van der Waals surface area contributed by atoms with E-state index in [0.29, 0.717) is 12.8 Å². The molecule has 1 saturated heterocycles. The van der Waals surface area contributed by atoms with E-state index in [0.717, 1.165) is 30.6 Å². The molecular formula is C22H38ClNO4. The van der Waals surface area contributed by atoms with Crippen LogP contribution in [-0.4, -0.2) is 28.7 Å². The topological polar surface area (TPSA) is 63.7 Å². The summed E-state index contributed by atoms with van der Waals surface area (Å²) in [6.07, 6.45) is 15.3. The fourth-order valence-corrected chi connectivity index (χ4v) is 4.05. The van der Waals surface area contributed by atoms with Gasteiger partial charge in [-0.1, -0.05) is 90.9 Å². The van der Waals surface area contributed by atoms with Crippen molar-refractivity contribution in [2.24, 2.45) is 5.92 Å². The van der Waals surface area contributed by atoms with Gasteiger partial charge < -0.3 is 4.29 Å². The molecule has 1 aliphatic heterocycles. The maximum Gasteiger partial charge on any atom is 0.347 e. The molecule has 0 spiro atoms. The molecule has 0 saturated carbocycles. The maximum atomic E-state index is 12.7. The van der Waals surface area contributed by atoms with Gasteiger partial charge >= 0.3 is 5.97 Å². The van der Waals surface area contributed by atoms with Gasteiger partial charge in [0.2, 0.25) is 11.8 Å². The van der Waals surface area contributed by atoms with Crippen molar-refractivity contribution in [1.29, 1.82) is 0 Å². The van der Waals surface area contributed by atoms with E-state index in [1.165, 1.54) is 51.4 Å². The van der Waals surface area contributed by atoms with Crippen LogP contribution in [0.4, 0.5) is 0 Å². The van der Waals surface area contributed by atoms with Gasteiger partial charge in [0.15, 0.2) is 0 Å². The molecule has 1 heterocycles. The van der Waals surface area contributed by atoms with E-state index in [9.17, 15) is 14.4 Å². The van der Waals surface area contributed by atoms with Crippen molar-refractivity contribution < 1.29 is 18.7 Å². The largest absolute Gasteiger partial charge is 0.347 e. The SMILES string of the molecule is CCCCCCCCCCCCC1CC(=O)N(C(CCCC)C(=O)OCl)C1=O. The number of carbonyl (C=O) groups excluding carboxylic acids is 3. The van der Waals surface area contributed by atoms with Crippen LogP contribution in [0.25, 0.3) is 0 Å². The zero-order chi connectivity index (χ0) is 20.8. The van der Waals surface area contributed by atoms with Crippen LogP contribution < -0.4 is 0 Å². The number of unbranched alkanes of at least 4 members (excludes halogenated alkanes) is 10. The molecule has 5 nitrogen and oxygen atoms in total. The van der Waals surface area contributed by atoms with Crippen LogP contribution in [0.5, 0.6) is 0 Å². The Morgan fingerprint density at radius 2 is 1.50 bits per heavy atom. The van der Waals surface area contributed by atoms with Gasteiger partial charge in [0.05, 0.1) is 0 Å². The highest BCUT2D eigenvalue weighted by atomic mass is 35.5. The summed E-state index contributed by atoms with van der Waals surface area (Å²) in [4.78, 5) is 38.1. The van der Waals surface area contributed by atoms with Crippen LogP contribution in [0.2, 0.25) is 0 Å². The average molecular weight is 416 g/mol. The third kappa shape index (κ3) is 8.50. The van der Waals surface area contributed by atoms with E-state index >= 15 is 0 Å². The second-order valence-corrected chi connectivity index (χ2v) is 8.18. The van der Waals surface area contributed by atoms with Crippen LogP contribution >= 0.6 is 11.9 Å². The van der Waals surface area contributed by atoms with E-state index in [1.54, 1.807) is 0 Å². The predicted octanol–water partition coefficient (Wildman–Crippen LogP) is 5.93. The Morgan fingerprint density at radius 3 is 2.04 bits per heavy atom. The van der Waals surface area contributed by atoms with E-state index in [-0.39, 0.29) is 24.2 Å². The third-order valence-corrected chi connectivity index (χ3v) is 5.83. The second-order valence-electron chi connectivity index (χ2n) is 8.03. The number of hydrogen-bond acceptors (Lipinski definition) is 4. The fourth-order valence-electron chi connectivity index (χ4n) is 3.95. The van der Waals surface area contributed by atoms with Crippen molar-refractivity contribution in [2.75, 3.05) is 0 Å². The number of rotatable bonds is 16. The molecule has 2 amide bonds. The Morgan fingerprint density at radius 1 is 0.964 bits per heavy atom. The molecular weight excluding hydrogens is 378 g/mol. The highest BCUT2D eigenvalue weighted by Crippen LogP contribution is 2.29. The van der Waals surface area contributed by atoms with Gasteiger partial charge in [-0.2, -0.15) is 0 Å². The van der Waals surface area contributed by atoms with E-state index in [1.807, 2.05) is 6.92 Å². The molecule has 1 aliphatic rings. The Labute approximate surface area is 175 Å². The summed E-state index contributed by atoms with van der Waals surface area (Å²) in [6.45, 7) is 4.22. The first kappa shape index (κ1) is 24.9. The number of imide groups is 1. The number of nitrogens with zero attached hydrogens (tertiary/aromatic N) is 1. The molecule has 2 unspecified atom stereocenters. The van der Waals surface area contributed by atoms with Gasteiger partial charge in [-0.25, -0.2) is 4.79 Å². The van der Waals surface area contributed by atoms with Crippen LogP contribution in [-0.2, 0) is 18.7 Å². The van der Waals surface area contributed by atoms with Crippen LogP contribution in [0, 0.1) is 5.92 Å². The van der Waals surface area contributed by atoms with E-state index in [4.69, 9.17) is 11.9 Å². The van der Waals surface area contributed by atoms with Crippen molar-refractivity contribution in [3.8, 4) is 0 Å². The van der Waals surface area contributed by atoms with Crippen molar-refractivity contribution in [3.05, 3.63) is 0 Å². The molecule has 28 heavy (non-hydrogen) atoms. The van der Waals surface area contributed by atoms with Crippen molar-refractivity contribution in [3.63, 3.8) is 0 Å². The highest BCUT2D eigenvalue weighted by Gasteiger charge is 2.44. The summed E-state index contributed by atoms with van der Waals surface area (Å²) < 4.78 is 4.31. The molecule has 6 heteroatoms. The lowest BCUT2D eigenvalue weighted by Crippen LogP contribution is -2.45. The third-order valence-electron chi connectivity index (χ3n) is 5.67. The first-order valence-corrected chi connectivity index (χ1v) is 11.6. The predicted molar refractivity (Wildman–Crippen MR) is 112 cm³/mol. The minimum atomic E-state index is -0.879. The number of likely N-dealkylation sites (tertiary alicyclic amines) is 1. The first-order valence-electron chi connectivity index (χ1n) is 11.2. The monoisotopic (exact) mass is 415 g/mol. The van der Waals surface area contributed by atoms with E-state index in [2.05, 4.69) is 11.2 Å². The number of amides is 2. The number of hydrogen-bond donors (Lipinski definition) is 0. The average Bonchev–Trinajstić information content (AvgIpc) is 2.97. The summed E-state index contributed by atoms with van der Waals surface area (Å²) in [6, 6.07) is -0.879. The van der Waals surface area contributed by atoms with Crippen LogP contribution in [0.1, 0.15) is 110 Å². The molecule has 1 fully saturated rings. The molecule has 0 aromatic heterocycles. The van der Waals surface area contributed by atoms with Crippen molar-refractivity contribution >= 4 is 29.6 Å². The highest BCUT2D eigenvalue weighted by molar-refractivity contribution is 6.15. The molecule has 1 rings (SSSR count). The van der Waals surface area contributed by atoms with Crippen LogP contribution in [0.3, 0.4) is 0 Å². The molecule has 0 aromatic carbocycles. The zero-order valence-corrected chi connectivity index (χ0v) is 18.5. The van der Waals surface area contributed by atoms with Gasteiger partial charge in [-0.05, 0) is 12.8 Å². The lowest BCUT2D eigenvalue weighted by atomic mass is 9.98. The lowest BCUT2D eigenvalue weighted by molar-refractivity contribution is -0.153. The normalized spacial score (nSPS) is 18.0. The summed E-state index contributed by atoms with van der Waals surface area (Å²) in [5.74, 6) is -1.51. The lowest BCUT2D eigenvalue weighted by Gasteiger charge is -2.23. The van der Waals surface area contributed by atoms with Crippen LogP contribution in [0.15, 0.2) is 0 Å². The minimum absolute atomic E-state index is 0.203. The van der Waals surface area contributed by atoms with Gasteiger partial charge in [0.1, 0.15) is 17.9 Å². The standard InChI is InChI=1S/C22H38ClNO4/c1-3-5-7-8-9-10-11-12-13-14-15-18-17-20(25)24(21(18)26)19(16-6-4-2)22(27)28-23/h18-19H,3-17H2,1-2H3. The summed E-state index contributed by atoms with van der Waals surface area (Å²) in [7, 11) is 0. The quantitative estimate of drug-likeness (QED) is 0.231. The summed E-state index contributed by atoms with van der Waals surface area (Å²) in [5.41, 5.74) is 0. The van der Waals surface area contributed by atoms with E-state index < -0.39 is 12.0 Å². The molecule has 0 aliphatic carbocycles. The molecule has 2 atom stereocenters. The Kier molecular flexibility index (Phi) is 13.2. The van der Waals surface area contributed by atoms with Gasteiger partial charge in [-0.15, -0.1) is 0 Å². The Bertz CT molecular complexity index is 483. The Hall–Kier alpha value is -1.10. The van der Waals surface area contributed by atoms with Gasteiger partial charge in [-0.3, -0.25) is 14.5 Å². The smallest absolute Gasteiger partial charge is 0.345 e. The number of halogens is 1. The minimum Gasteiger partial charge on any atom is -0.345 e. The number of carbonyl (C=O) groups is 3. The maximum absolute atomic E-state index is 12.7. The molecule has 162 valence electrons. The molecule has 0 bridgehead atoms. The summed E-state index contributed by atoms with van der Waals surface area (Å²) in [5, 5.41) is 0. The Balaban J connectivity index is 2.31.